The normalized spacial score (nSPS) is 11.3. The predicted molar refractivity (Wildman–Crippen MR) is 147 cm³/mol. The van der Waals surface area contributed by atoms with E-state index in [1.165, 1.54) is 4.31 Å². The zero-order valence-corrected chi connectivity index (χ0v) is 21.6. The molecule has 1 heterocycles. The molecule has 0 atom stereocenters. The second kappa shape index (κ2) is 10.5. The van der Waals surface area contributed by atoms with Crippen molar-refractivity contribution in [2.24, 2.45) is 0 Å². The number of hydrogen-bond acceptors (Lipinski definition) is 4. The van der Waals surface area contributed by atoms with Gasteiger partial charge in [-0.2, -0.15) is 5.10 Å². The molecular formula is C29H24ClN3O3S. The minimum absolute atomic E-state index is 0.0638. The molecule has 0 saturated carbocycles. The van der Waals surface area contributed by atoms with Crippen LogP contribution in [0.2, 0.25) is 5.02 Å². The number of halogens is 1. The summed E-state index contributed by atoms with van der Waals surface area (Å²) in [5.74, 6) is 0.638. The fraction of sp³-hybridized carbons (Fsp3) is 0.0690. The lowest BCUT2D eigenvalue weighted by Crippen LogP contribution is -2.30. The van der Waals surface area contributed by atoms with Gasteiger partial charge in [-0.25, -0.2) is 13.1 Å². The molecule has 4 aromatic carbocycles. The molecule has 5 aromatic rings. The van der Waals surface area contributed by atoms with Crippen LogP contribution in [0.1, 0.15) is 5.56 Å². The van der Waals surface area contributed by atoms with Crippen LogP contribution in [0.5, 0.6) is 5.75 Å². The molecule has 0 unspecified atom stereocenters. The second-order valence-electron chi connectivity index (χ2n) is 8.31. The molecule has 1 aromatic heterocycles. The van der Waals surface area contributed by atoms with Crippen LogP contribution in [-0.4, -0.2) is 25.3 Å². The molecule has 5 rings (SSSR count). The number of anilines is 1. The van der Waals surface area contributed by atoms with E-state index in [2.05, 4.69) is 0 Å². The summed E-state index contributed by atoms with van der Waals surface area (Å²) in [6.07, 6.45) is 1.87. The van der Waals surface area contributed by atoms with Gasteiger partial charge in [-0.1, -0.05) is 60.1 Å². The number of hydrogen-bond donors (Lipinski definition) is 0. The zero-order chi connectivity index (χ0) is 25.8. The Balaban J connectivity index is 1.65. The summed E-state index contributed by atoms with van der Waals surface area (Å²) in [6, 6.07) is 32.4. The topological polar surface area (TPSA) is 64.4 Å². The Kier molecular flexibility index (Phi) is 6.99. The molecule has 6 nitrogen and oxygen atoms in total. The molecule has 37 heavy (non-hydrogen) atoms. The lowest BCUT2D eigenvalue weighted by atomic mass is 10.1. The van der Waals surface area contributed by atoms with Gasteiger partial charge in [-0.05, 0) is 60.7 Å². The van der Waals surface area contributed by atoms with E-state index in [0.717, 1.165) is 16.8 Å². The quantitative estimate of drug-likeness (QED) is 0.227. The van der Waals surface area contributed by atoms with Crippen LogP contribution in [0.4, 0.5) is 5.69 Å². The summed E-state index contributed by atoms with van der Waals surface area (Å²) in [7, 11) is -2.33. The van der Waals surface area contributed by atoms with Crippen molar-refractivity contribution in [2.45, 2.75) is 11.4 Å². The molecule has 0 fully saturated rings. The Morgan fingerprint density at radius 1 is 0.838 bits per heavy atom. The zero-order valence-electron chi connectivity index (χ0n) is 20.0. The van der Waals surface area contributed by atoms with E-state index in [-0.39, 0.29) is 11.4 Å². The fourth-order valence-electron chi connectivity index (χ4n) is 4.03. The van der Waals surface area contributed by atoms with Gasteiger partial charge in [0.1, 0.15) is 5.75 Å². The number of ether oxygens (including phenoxy) is 1. The Hall–Kier alpha value is -4.07. The van der Waals surface area contributed by atoms with E-state index >= 15 is 0 Å². The van der Waals surface area contributed by atoms with Gasteiger partial charge >= 0.3 is 0 Å². The van der Waals surface area contributed by atoms with Gasteiger partial charge < -0.3 is 4.74 Å². The third-order valence-electron chi connectivity index (χ3n) is 5.93. The summed E-state index contributed by atoms with van der Waals surface area (Å²) in [4.78, 5) is 0.203. The third kappa shape index (κ3) is 5.23. The first kappa shape index (κ1) is 24.6. The fourth-order valence-corrected chi connectivity index (χ4v) is 5.62. The highest BCUT2D eigenvalue weighted by molar-refractivity contribution is 7.92. The van der Waals surface area contributed by atoms with Crippen LogP contribution >= 0.6 is 11.6 Å². The van der Waals surface area contributed by atoms with Gasteiger partial charge in [-0.3, -0.25) is 4.31 Å². The van der Waals surface area contributed by atoms with Gasteiger partial charge in [0.25, 0.3) is 10.0 Å². The van der Waals surface area contributed by atoms with Gasteiger partial charge in [0.2, 0.25) is 0 Å². The first-order valence-corrected chi connectivity index (χ1v) is 13.4. The SMILES string of the molecule is COc1ccc(N(Cc2cn(-c3ccccc3)nc2-c2ccc(Cl)cc2)S(=O)(=O)c2ccccc2)cc1. The number of benzene rings is 4. The number of para-hydroxylation sites is 1. The molecule has 0 saturated heterocycles. The second-order valence-corrected chi connectivity index (χ2v) is 10.6. The Bertz CT molecular complexity index is 1590. The van der Waals surface area contributed by atoms with Gasteiger partial charge in [0.15, 0.2) is 0 Å². The monoisotopic (exact) mass is 529 g/mol. The molecule has 0 aliphatic rings. The van der Waals surface area contributed by atoms with Crippen molar-refractivity contribution in [1.29, 1.82) is 0 Å². The van der Waals surface area contributed by atoms with Gasteiger partial charge in [0, 0.05) is 22.3 Å². The maximum absolute atomic E-state index is 13.9. The standard InChI is InChI=1S/C29H24ClN3O3S/c1-36-27-18-16-26(17-19-27)33(37(34,35)28-10-6-3-7-11-28)21-23-20-32(25-8-4-2-5-9-25)31-29(23)22-12-14-24(30)15-13-22/h2-20H,21H2,1H3. The Morgan fingerprint density at radius 2 is 1.46 bits per heavy atom. The van der Waals surface area contributed by atoms with E-state index < -0.39 is 10.0 Å². The summed E-state index contributed by atoms with van der Waals surface area (Å²) >= 11 is 6.13. The van der Waals surface area contributed by atoms with Gasteiger partial charge in [-0.15, -0.1) is 0 Å². The molecule has 0 bridgehead atoms. The summed E-state index contributed by atoms with van der Waals surface area (Å²) in [5.41, 5.74) is 3.62. The highest BCUT2D eigenvalue weighted by Gasteiger charge is 2.27. The van der Waals surface area contributed by atoms with Crippen LogP contribution in [0.25, 0.3) is 16.9 Å². The van der Waals surface area contributed by atoms with E-state index in [1.807, 2.05) is 48.7 Å². The molecule has 0 aliphatic carbocycles. The summed E-state index contributed by atoms with van der Waals surface area (Å²) in [5, 5.41) is 5.45. The number of sulfonamides is 1. The van der Waals surface area contributed by atoms with Crippen molar-refractivity contribution in [2.75, 3.05) is 11.4 Å². The first-order valence-electron chi connectivity index (χ1n) is 11.6. The molecule has 0 N–H and O–H groups in total. The van der Waals surface area contributed by atoms with E-state index in [4.69, 9.17) is 21.4 Å². The minimum Gasteiger partial charge on any atom is -0.497 e. The minimum atomic E-state index is -3.90. The summed E-state index contributed by atoms with van der Waals surface area (Å²) < 4.78 is 36.3. The summed E-state index contributed by atoms with van der Waals surface area (Å²) in [6.45, 7) is 0.0638. The predicted octanol–water partition coefficient (Wildman–Crippen LogP) is 6.60. The van der Waals surface area contributed by atoms with Crippen molar-refractivity contribution >= 4 is 27.3 Å². The number of aromatic nitrogens is 2. The van der Waals surface area contributed by atoms with Crippen molar-refractivity contribution < 1.29 is 13.2 Å². The van der Waals surface area contributed by atoms with Crippen molar-refractivity contribution in [3.63, 3.8) is 0 Å². The molecule has 8 heteroatoms. The van der Waals surface area contributed by atoms with Crippen LogP contribution < -0.4 is 9.04 Å². The van der Waals surface area contributed by atoms with E-state index in [9.17, 15) is 8.42 Å². The van der Waals surface area contributed by atoms with Crippen LogP contribution in [0.15, 0.2) is 120 Å². The lowest BCUT2D eigenvalue weighted by Gasteiger charge is -2.25. The molecule has 0 aliphatic heterocycles. The third-order valence-corrected chi connectivity index (χ3v) is 7.97. The average Bonchev–Trinajstić information content (AvgIpc) is 3.37. The first-order chi connectivity index (χ1) is 18.0. The molecular weight excluding hydrogens is 506 g/mol. The molecule has 0 amide bonds. The van der Waals surface area contributed by atoms with Crippen molar-refractivity contribution in [3.05, 3.63) is 126 Å². The van der Waals surface area contributed by atoms with Crippen LogP contribution in [0, 0.1) is 0 Å². The van der Waals surface area contributed by atoms with Crippen LogP contribution in [-0.2, 0) is 16.6 Å². The lowest BCUT2D eigenvalue weighted by molar-refractivity contribution is 0.415. The smallest absolute Gasteiger partial charge is 0.264 e. The Morgan fingerprint density at radius 3 is 2.08 bits per heavy atom. The highest BCUT2D eigenvalue weighted by atomic mass is 35.5. The Labute approximate surface area is 221 Å². The number of nitrogens with zero attached hydrogens (tertiary/aromatic N) is 3. The van der Waals surface area contributed by atoms with Crippen LogP contribution in [0.3, 0.4) is 0 Å². The number of methoxy groups -OCH3 is 1. The molecule has 0 spiro atoms. The molecule has 0 radical (unpaired) electrons. The average molecular weight is 530 g/mol. The van der Waals surface area contributed by atoms with Crippen molar-refractivity contribution in [3.8, 4) is 22.7 Å². The highest BCUT2D eigenvalue weighted by Crippen LogP contribution is 2.32. The largest absolute Gasteiger partial charge is 0.497 e. The van der Waals surface area contributed by atoms with Gasteiger partial charge in [0.05, 0.1) is 35.6 Å². The maximum atomic E-state index is 13.9. The number of rotatable bonds is 8. The maximum Gasteiger partial charge on any atom is 0.264 e. The van der Waals surface area contributed by atoms with E-state index in [1.54, 1.807) is 78.5 Å². The van der Waals surface area contributed by atoms with E-state index in [0.29, 0.717) is 22.2 Å². The van der Waals surface area contributed by atoms with Crippen molar-refractivity contribution in [1.82, 2.24) is 9.78 Å². The molecule has 186 valence electrons.